The number of benzene rings is 2. The molecule has 0 saturated carbocycles. The Kier molecular flexibility index (Phi) is 3.99. The smallest absolute Gasteiger partial charge is 0.321 e. The van der Waals surface area contributed by atoms with E-state index >= 15 is 0 Å². The second-order valence-corrected chi connectivity index (χ2v) is 6.85. The molecule has 0 aliphatic carbocycles. The Labute approximate surface area is 147 Å². The third-order valence-electron chi connectivity index (χ3n) is 4.82. The van der Waals surface area contributed by atoms with Crippen LogP contribution in [0.5, 0.6) is 11.5 Å². The average molecular weight is 338 g/mol. The summed E-state index contributed by atoms with van der Waals surface area (Å²) in [5, 5.41) is 3.02. The fourth-order valence-electron chi connectivity index (χ4n) is 3.63. The van der Waals surface area contributed by atoms with Crippen molar-refractivity contribution >= 4 is 11.7 Å². The molecule has 25 heavy (non-hydrogen) atoms. The van der Waals surface area contributed by atoms with Crippen molar-refractivity contribution in [2.45, 2.75) is 26.2 Å². The van der Waals surface area contributed by atoms with Crippen molar-refractivity contribution in [2.24, 2.45) is 0 Å². The number of ether oxygens (including phenoxy) is 2. The zero-order chi connectivity index (χ0) is 17.4. The predicted octanol–water partition coefficient (Wildman–Crippen LogP) is 4.05. The monoisotopic (exact) mass is 338 g/mol. The zero-order valence-electron chi connectivity index (χ0n) is 14.5. The first kappa shape index (κ1) is 15.8. The van der Waals surface area contributed by atoms with Crippen LogP contribution in [0.1, 0.15) is 29.0 Å². The van der Waals surface area contributed by atoms with Gasteiger partial charge in [0.25, 0.3) is 0 Å². The highest BCUT2D eigenvalue weighted by molar-refractivity contribution is 5.89. The largest absolute Gasteiger partial charge is 0.454 e. The molecule has 2 aromatic carbocycles. The molecule has 0 spiro atoms. The summed E-state index contributed by atoms with van der Waals surface area (Å²) in [4.78, 5) is 14.5. The number of rotatable bonds is 2. The summed E-state index contributed by atoms with van der Waals surface area (Å²) < 4.78 is 10.8. The number of nitrogens with zero attached hydrogens (tertiary/aromatic N) is 1. The van der Waals surface area contributed by atoms with Crippen LogP contribution >= 0.6 is 0 Å². The van der Waals surface area contributed by atoms with Gasteiger partial charge in [0.05, 0.1) is 0 Å². The molecule has 4 rings (SSSR count). The van der Waals surface area contributed by atoms with Crippen molar-refractivity contribution in [3.63, 3.8) is 0 Å². The van der Waals surface area contributed by atoms with Crippen molar-refractivity contribution < 1.29 is 14.3 Å². The highest BCUT2D eigenvalue weighted by Crippen LogP contribution is 2.37. The number of carbonyl (C=O) groups is 1. The number of fused-ring (bicyclic) bond motifs is 1. The van der Waals surface area contributed by atoms with Gasteiger partial charge in [0.15, 0.2) is 11.5 Å². The number of anilines is 1. The van der Waals surface area contributed by atoms with Crippen molar-refractivity contribution in [2.75, 3.05) is 25.2 Å². The Morgan fingerprint density at radius 3 is 2.64 bits per heavy atom. The maximum atomic E-state index is 12.6. The molecule has 2 heterocycles. The minimum absolute atomic E-state index is 0.0340. The number of nitrogens with one attached hydrogen (secondary N) is 1. The summed E-state index contributed by atoms with van der Waals surface area (Å²) in [7, 11) is 0. The molecule has 2 aliphatic heterocycles. The molecular formula is C20H22N2O3. The molecule has 1 N–H and O–H groups in total. The summed E-state index contributed by atoms with van der Waals surface area (Å²) in [6, 6.07) is 12.1. The maximum Gasteiger partial charge on any atom is 0.321 e. The van der Waals surface area contributed by atoms with Crippen molar-refractivity contribution in [3.05, 3.63) is 53.1 Å². The van der Waals surface area contributed by atoms with Gasteiger partial charge in [-0.05, 0) is 61.2 Å². The SMILES string of the molecule is Cc1cc(C)cc(NC(=O)N2CCC(c3ccc4c(c3)OCO4)C2)c1. The summed E-state index contributed by atoms with van der Waals surface area (Å²) in [6.45, 7) is 5.84. The Hall–Kier alpha value is -2.69. The summed E-state index contributed by atoms with van der Waals surface area (Å²) >= 11 is 0. The Balaban J connectivity index is 1.42. The summed E-state index contributed by atoms with van der Waals surface area (Å²) in [6.07, 6.45) is 0.958. The molecule has 1 fully saturated rings. The molecule has 0 aromatic heterocycles. The number of urea groups is 1. The Bertz CT molecular complexity index is 798. The molecule has 0 bridgehead atoms. The highest BCUT2D eigenvalue weighted by Gasteiger charge is 2.28. The van der Waals surface area contributed by atoms with Crippen LogP contribution < -0.4 is 14.8 Å². The van der Waals surface area contributed by atoms with Crippen LogP contribution in [-0.4, -0.2) is 30.8 Å². The van der Waals surface area contributed by atoms with Crippen molar-refractivity contribution in [1.29, 1.82) is 0 Å². The maximum absolute atomic E-state index is 12.6. The van der Waals surface area contributed by atoms with Crippen LogP contribution in [0.3, 0.4) is 0 Å². The van der Waals surface area contributed by atoms with Gasteiger partial charge >= 0.3 is 6.03 Å². The quantitative estimate of drug-likeness (QED) is 0.898. The number of hydrogen-bond acceptors (Lipinski definition) is 3. The van der Waals surface area contributed by atoms with E-state index in [0.717, 1.165) is 47.8 Å². The van der Waals surface area contributed by atoms with Gasteiger partial charge in [-0.25, -0.2) is 4.79 Å². The van der Waals surface area contributed by atoms with E-state index in [2.05, 4.69) is 17.4 Å². The zero-order valence-corrected chi connectivity index (χ0v) is 14.5. The third kappa shape index (κ3) is 3.27. The first-order valence-corrected chi connectivity index (χ1v) is 8.62. The summed E-state index contributed by atoms with van der Waals surface area (Å²) in [5.74, 6) is 1.93. The summed E-state index contributed by atoms with van der Waals surface area (Å²) in [5.41, 5.74) is 4.35. The first-order valence-electron chi connectivity index (χ1n) is 8.62. The van der Waals surface area contributed by atoms with Gasteiger partial charge < -0.3 is 19.7 Å². The standard InChI is InChI=1S/C20H22N2O3/c1-13-7-14(2)9-17(8-13)21-20(23)22-6-5-16(11-22)15-3-4-18-19(10-15)25-12-24-18/h3-4,7-10,16H,5-6,11-12H2,1-2H3,(H,21,23). The lowest BCUT2D eigenvalue weighted by molar-refractivity contribution is 0.174. The number of hydrogen-bond donors (Lipinski definition) is 1. The molecule has 0 radical (unpaired) electrons. The van der Waals surface area contributed by atoms with E-state index in [1.165, 1.54) is 5.56 Å². The first-order chi connectivity index (χ1) is 12.1. The third-order valence-corrected chi connectivity index (χ3v) is 4.82. The number of likely N-dealkylation sites (tertiary alicyclic amines) is 1. The molecule has 5 nitrogen and oxygen atoms in total. The molecule has 1 unspecified atom stereocenters. The van der Waals surface area contributed by atoms with Gasteiger partial charge in [-0.15, -0.1) is 0 Å². The number of amides is 2. The van der Waals surface area contributed by atoms with Gasteiger partial charge in [-0.2, -0.15) is 0 Å². The molecule has 130 valence electrons. The van der Waals surface area contributed by atoms with Gasteiger partial charge in [0.2, 0.25) is 6.79 Å². The van der Waals surface area contributed by atoms with E-state index in [9.17, 15) is 4.79 Å². The minimum atomic E-state index is -0.0340. The fraction of sp³-hybridized carbons (Fsp3) is 0.350. The van der Waals surface area contributed by atoms with Crippen LogP contribution in [0, 0.1) is 13.8 Å². The van der Waals surface area contributed by atoms with E-state index in [1.807, 2.05) is 43.0 Å². The molecule has 5 heteroatoms. The second-order valence-electron chi connectivity index (χ2n) is 6.85. The molecule has 1 atom stereocenters. The topological polar surface area (TPSA) is 50.8 Å². The van der Waals surface area contributed by atoms with Crippen molar-refractivity contribution in [3.8, 4) is 11.5 Å². The molecular weight excluding hydrogens is 316 g/mol. The van der Waals surface area contributed by atoms with E-state index in [0.29, 0.717) is 5.92 Å². The Morgan fingerprint density at radius 1 is 1.08 bits per heavy atom. The van der Waals surface area contributed by atoms with E-state index < -0.39 is 0 Å². The van der Waals surface area contributed by atoms with Gasteiger partial charge in [-0.3, -0.25) is 0 Å². The normalized spacial score (nSPS) is 18.5. The van der Waals surface area contributed by atoms with Gasteiger partial charge in [0, 0.05) is 24.7 Å². The van der Waals surface area contributed by atoms with Crippen molar-refractivity contribution in [1.82, 2.24) is 4.90 Å². The number of carbonyl (C=O) groups excluding carboxylic acids is 1. The Morgan fingerprint density at radius 2 is 1.84 bits per heavy atom. The van der Waals surface area contributed by atoms with E-state index in [1.54, 1.807) is 0 Å². The molecule has 2 aliphatic rings. The van der Waals surface area contributed by atoms with Crippen LogP contribution in [0.2, 0.25) is 0 Å². The average Bonchev–Trinajstić information content (AvgIpc) is 3.22. The van der Waals surface area contributed by atoms with Crippen LogP contribution in [0.4, 0.5) is 10.5 Å². The molecule has 2 amide bonds. The molecule has 1 saturated heterocycles. The van der Waals surface area contributed by atoms with Crippen LogP contribution in [0.25, 0.3) is 0 Å². The molecule has 2 aromatic rings. The fourth-order valence-corrected chi connectivity index (χ4v) is 3.63. The van der Waals surface area contributed by atoms with Gasteiger partial charge in [0.1, 0.15) is 0 Å². The second kappa shape index (κ2) is 6.31. The van der Waals surface area contributed by atoms with E-state index in [4.69, 9.17) is 9.47 Å². The highest BCUT2D eigenvalue weighted by atomic mass is 16.7. The predicted molar refractivity (Wildman–Crippen MR) is 96.4 cm³/mol. The van der Waals surface area contributed by atoms with Gasteiger partial charge in [-0.1, -0.05) is 12.1 Å². The lowest BCUT2D eigenvalue weighted by Gasteiger charge is -2.18. The van der Waals surface area contributed by atoms with E-state index in [-0.39, 0.29) is 12.8 Å². The van der Waals surface area contributed by atoms with Crippen LogP contribution in [0.15, 0.2) is 36.4 Å². The van der Waals surface area contributed by atoms with Crippen LogP contribution in [-0.2, 0) is 0 Å². The lowest BCUT2D eigenvalue weighted by Crippen LogP contribution is -2.32. The minimum Gasteiger partial charge on any atom is -0.454 e. The lowest BCUT2D eigenvalue weighted by atomic mass is 9.98. The number of aryl methyl sites for hydroxylation is 2.